The SMILES string of the molecule is Cl.[2H]C([2H])(N)c1cccc(C#N)c1. The van der Waals surface area contributed by atoms with Crippen molar-refractivity contribution in [3.8, 4) is 6.07 Å². The Morgan fingerprint density at radius 1 is 1.64 bits per heavy atom. The number of nitriles is 1. The zero-order valence-electron chi connectivity index (χ0n) is 7.74. The van der Waals surface area contributed by atoms with Gasteiger partial charge < -0.3 is 5.73 Å². The predicted octanol–water partition coefficient (Wildman–Crippen LogP) is 1.44. The summed E-state index contributed by atoms with van der Waals surface area (Å²) in [7, 11) is 0. The first-order valence-electron chi connectivity index (χ1n) is 3.83. The summed E-state index contributed by atoms with van der Waals surface area (Å²) in [4.78, 5) is 0. The van der Waals surface area contributed by atoms with E-state index in [0.29, 0.717) is 11.1 Å². The Kier molecular flexibility index (Phi) is 2.86. The molecule has 1 aromatic carbocycles. The number of rotatable bonds is 1. The molecule has 58 valence electrons. The molecule has 2 N–H and O–H groups in total. The maximum absolute atomic E-state index is 8.51. The maximum Gasteiger partial charge on any atom is 0.0991 e. The third kappa shape index (κ3) is 2.58. The predicted molar refractivity (Wildman–Crippen MR) is 46.3 cm³/mol. The molecule has 1 aromatic rings. The molecule has 0 heterocycles. The third-order valence-corrected chi connectivity index (χ3v) is 1.16. The molecule has 3 heteroatoms. The van der Waals surface area contributed by atoms with Gasteiger partial charge in [0, 0.05) is 9.24 Å². The molecule has 0 saturated heterocycles. The van der Waals surface area contributed by atoms with Crippen LogP contribution in [0.25, 0.3) is 0 Å². The molecular formula is C8H9ClN2. The van der Waals surface area contributed by atoms with Gasteiger partial charge in [-0.25, -0.2) is 0 Å². The minimum Gasteiger partial charge on any atom is -0.326 e. The topological polar surface area (TPSA) is 49.8 Å². The molecule has 0 aliphatic heterocycles. The lowest BCUT2D eigenvalue weighted by molar-refractivity contribution is 1.07. The smallest absolute Gasteiger partial charge is 0.0991 e. The van der Waals surface area contributed by atoms with Crippen molar-refractivity contribution in [3.05, 3.63) is 35.4 Å². The molecule has 0 aliphatic carbocycles. The summed E-state index contributed by atoms with van der Waals surface area (Å²) in [5, 5.41) is 8.51. The van der Waals surface area contributed by atoms with E-state index in [0.717, 1.165) is 0 Å². The number of hydrogen-bond donors (Lipinski definition) is 1. The average molecular weight is 171 g/mol. The normalized spacial score (nSPS) is 12.0. The zero-order chi connectivity index (χ0) is 9.19. The van der Waals surface area contributed by atoms with Crippen LogP contribution in [-0.2, 0) is 6.50 Å². The van der Waals surface area contributed by atoms with E-state index in [2.05, 4.69) is 0 Å². The van der Waals surface area contributed by atoms with Crippen LogP contribution in [0, 0.1) is 11.3 Å². The molecular weight excluding hydrogens is 160 g/mol. The van der Waals surface area contributed by atoms with Crippen molar-refractivity contribution < 1.29 is 2.74 Å². The van der Waals surface area contributed by atoms with Crippen LogP contribution in [0.2, 0.25) is 0 Å². The van der Waals surface area contributed by atoms with Gasteiger partial charge >= 0.3 is 0 Å². The van der Waals surface area contributed by atoms with Crippen LogP contribution in [0.15, 0.2) is 24.3 Å². The Morgan fingerprint density at radius 3 is 2.91 bits per heavy atom. The van der Waals surface area contributed by atoms with Crippen molar-refractivity contribution >= 4 is 12.4 Å². The number of halogens is 1. The molecule has 0 spiro atoms. The molecule has 0 aliphatic rings. The first kappa shape index (κ1) is 6.66. The first-order valence-corrected chi connectivity index (χ1v) is 2.83. The third-order valence-electron chi connectivity index (χ3n) is 1.16. The highest BCUT2D eigenvalue weighted by Gasteiger charge is 1.90. The van der Waals surface area contributed by atoms with E-state index in [9.17, 15) is 0 Å². The van der Waals surface area contributed by atoms with Crippen LogP contribution in [0.1, 0.15) is 13.9 Å². The molecule has 1 rings (SSSR count). The summed E-state index contributed by atoms with van der Waals surface area (Å²) >= 11 is 0. The molecule has 0 bridgehead atoms. The van der Waals surface area contributed by atoms with E-state index in [1.807, 2.05) is 6.07 Å². The van der Waals surface area contributed by atoms with Crippen molar-refractivity contribution in [2.75, 3.05) is 0 Å². The minimum atomic E-state index is -1.87. The van der Waals surface area contributed by atoms with E-state index in [1.54, 1.807) is 18.2 Å². The van der Waals surface area contributed by atoms with E-state index in [4.69, 9.17) is 13.7 Å². The maximum atomic E-state index is 8.51. The van der Waals surface area contributed by atoms with Crippen molar-refractivity contribution in [2.45, 2.75) is 6.50 Å². The Balaban J connectivity index is 0.00000144. The lowest BCUT2D eigenvalue weighted by Gasteiger charge is -1.93. The van der Waals surface area contributed by atoms with Gasteiger partial charge in [0.05, 0.1) is 11.6 Å². The van der Waals surface area contributed by atoms with Crippen LogP contribution >= 0.6 is 12.4 Å². The Hall–Kier alpha value is -1.04. The summed E-state index contributed by atoms with van der Waals surface area (Å²) in [6.45, 7) is -1.87. The van der Waals surface area contributed by atoms with Gasteiger partial charge in [0.2, 0.25) is 0 Å². The number of nitrogens with zero attached hydrogens (tertiary/aromatic N) is 1. The highest BCUT2D eigenvalue weighted by molar-refractivity contribution is 5.85. The second-order valence-corrected chi connectivity index (χ2v) is 1.84. The number of nitrogens with two attached hydrogens (primary N) is 1. The van der Waals surface area contributed by atoms with Crippen LogP contribution in [0.5, 0.6) is 0 Å². The van der Waals surface area contributed by atoms with Crippen LogP contribution in [-0.4, -0.2) is 0 Å². The zero-order valence-corrected chi connectivity index (χ0v) is 6.56. The fourth-order valence-electron chi connectivity index (χ4n) is 0.679. The van der Waals surface area contributed by atoms with Gasteiger partial charge in [-0.2, -0.15) is 5.26 Å². The van der Waals surface area contributed by atoms with E-state index in [1.165, 1.54) is 6.07 Å². The number of hydrogen-bond acceptors (Lipinski definition) is 2. The summed E-state index contributed by atoms with van der Waals surface area (Å²) in [6.07, 6.45) is 0. The van der Waals surface area contributed by atoms with Gasteiger partial charge in [0.15, 0.2) is 0 Å². The largest absolute Gasteiger partial charge is 0.326 e. The second kappa shape index (κ2) is 4.73. The van der Waals surface area contributed by atoms with E-state index >= 15 is 0 Å². The van der Waals surface area contributed by atoms with Crippen molar-refractivity contribution in [2.24, 2.45) is 5.73 Å². The lowest BCUT2D eigenvalue weighted by atomic mass is 10.1. The van der Waals surface area contributed by atoms with Crippen LogP contribution < -0.4 is 5.73 Å². The van der Waals surface area contributed by atoms with Crippen molar-refractivity contribution in [1.82, 2.24) is 0 Å². The molecule has 0 amide bonds. The van der Waals surface area contributed by atoms with Gasteiger partial charge in [0.1, 0.15) is 0 Å². The van der Waals surface area contributed by atoms with Crippen molar-refractivity contribution in [3.63, 3.8) is 0 Å². The Morgan fingerprint density at radius 2 is 2.36 bits per heavy atom. The van der Waals surface area contributed by atoms with Gasteiger partial charge in [-0.1, -0.05) is 12.1 Å². The quantitative estimate of drug-likeness (QED) is 0.694. The molecule has 0 aromatic heterocycles. The van der Waals surface area contributed by atoms with Crippen LogP contribution in [0.3, 0.4) is 0 Å². The van der Waals surface area contributed by atoms with E-state index < -0.39 is 6.50 Å². The summed E-state index contributed by atoms with van der Waals surface area (Å²) in [6, 6.07) is 8.13. The monoisotopic (exact) mass is 170 g/mol. The fraction of sp³-hybridized carbons (Fsp3) is 0.125. The van der Waals surface area contributed by atoms with Gasteiger partial charge in [-0.3, -0.25) is 0 Å². The van der Waals surface area contributed by atoms with E-state index in [-0.39, 0.29) is 12.4 Å². The summed E-state index contributed by atoms with van der Waals surface area (Å²) in [5.74, 6) is 0. The molecule has 11 heavy (non-hydrogen) atoms. The van der Waals surface area contributed by atoms with Gasteiger partial charge in [-0.05, 0) is 17.7 Å². The first-order chi connectivity index (χ1) is 5.54. The molecule has 0 atom stereocenters. The molecule has 0 fully saturated rings. The average Bonchev–Trinajstić information content (AvgIpc) is 2.03. The van der Waals surface area contributed by atoms with Crippen LogP contribution in [0.4, 0.5) is 0 Å². The second-order valence-electron chi connectivity index (χ2n) is 1.84. The summed E-state index contributed by atoms with van der Waals surface area (Å²) < 4.78 is 14.4. The van der Waals surface area contributed by atoms with Crippen molar-refractivity contribution in [1.29, 1.82) is 5.26 Å². The molecule has 2 nitrogen and oxygen atoms in total. The summed E-state index contributed by atoms with van der Waals surface area (Å²) in [5.41, 5.74) is 5.94. The Labute approximate surface area is 74.9 Å². The lowest BCUT2D eigenvalue weighted by Crippen LogP contribution is -1.95. The standard InChI is InChI=1S/C8H8N2.ClH/c9-5-7-2-1-3-8(4-7)6-10;/h1-4H,5,9H2;1H/i5D2;. The number of benzene rings is 1. The molecule has 0 saturated carbocycles. The molecule has 0 radical (unpaired) electrons. The highest BCUT2D eigenvalue weighted by atomic mass is 35.5. The Bertz CT molecular complexity index is 328. The van der Waals surface area contributed by atoms with Gasteiger partial charge in [-0.15, -0.1) is 12.4 Å². The molecule has 0 unspecified atom stereocenters. The van der Waals surface area contributed by atoms with Gasteiger partial charge in [0.25, 0.3) is 0 Å². The fourth-order valence-corrected chi connectivity index (χ4v) is 0.679. The highest BCUT2D eigenvalue weighted by Crippen LogP contribution is 2.01. The minimum absolute atomic E-state index is 0.